The van der Waals surface area contributed by atoms with Gasteiger partial charge in [0, 0.05) is 0 Å². The van der Waals surface area contributed by atoms with Crippen LogP contribution in [0.2, 0.25) is 0 Å². The molecule has 2 rings (SSSR count). The van der Waals surface area contributed by atoms with Crippen LogP contribution in [0.15, 0.2) is 24.3 Å². The quantitative estimate of drug-likeness (QED) is 0.471. The largest absolute Gasteiger partial charge is 0.543 e. The molecule has 1 aliphatic rings. The highest BCUT2D eigenvalue weighted by atomic mass is 35.5. The summed E-state index contributed by atoms with van der Waals surface area (Å²) in [6, 6.07) is 5.55. The zero-order chi connectivity index (χ0) is 20.6. The third kappa shape index (κ3) is 9.48. The predicted molar refractivity (Wildman–Crippen MR) is 121 cm³/mol. The van der Waals surface area contributed by atoms with Crippen molar-refractivity contribution in [1.82, 2.24) is 4.90 Å². The predicted octanol–water partition coefficient (Wildman–Crippen LogP) is 5.09. The fourth-order valence-electron chi connectivity index (χ4n) is 3.91. The van der Waals surface area contributed by atoms with Crippen LogP contribution in [0.3, 0.4) is 0 Å². The molecule has 0 saturated carbocycles. The van der Waals surface area contributed by atoms with Gasteiger partial charge in [0.2, 0.25) is 0 Å². The van der Waals surface area contributed by atoms with Crippen molar-refractivity contribution in [1.29, 1.82) is 0 Å². The number of carbonyl (C=O) groups excluding carboxylic acids is 1. The molecule has 1 atom stereocenters. The number of unbranched alkanes of at least 4 members (excludes halogenated alkanes) is 1. The Morgan fingerprint density at radius 2 is 1.77 bits per heavy atom. The minimum atomic E-state index is -4.27. The van der Waals surface area contributed by atoms with Gasteiger partial charge in [0.25, 0.3) is 5.97 Å². The minimum Gasteiger partial charge on any atom is -0.543 e. The molecule has 172 valence electrons. The molecule has 1 aromatic rings. The molecule has 1 aromatic carbocycles. The second-order valence-electron chi connectivity index (χ2n) is 7.83. The summed E-state index contributed by atoms with van der Waals surface area (Å²) in [6.45, 7) is 4.98. The Hall–Kier alpha value is -0.915. The van der Waals surface area contributed by atoms with Crippen molar-refractivity contribution in [3.05, 3.63) is 35.4 Å². The summed E-state index contributed by atoms with van der Waals surface area (Å²) in [6.07, 6.45) is 2.45. The smallest absolute Gasteiger partial charge is 0.416 e. The van der Waals surface area contributed by atoms with Crippen LogP contribution in [0, 0.1) is 11.8 Å². The Morgan fingerprint density at radius 1 is 1.17 bits per heavy atom. The van der Waals surface area contributed by atoms with Gasteiger partial charge in [0.05, 0.1) is 11.5 Å². The van der Waals surface area contributed by atoms with Crippen LogP contribution >= 0.6 is 24.8 Å². The van der Waals surface area contributed by atoms with Crippen molar-refractivity contribution in [2.24, 2.45) is 11.8 Å². The molecule has 30 heavy (non-hydrogen) atoms. The number of halogens is 5. The molecule has 0 spiro atoms. The highest BCUT2D eigenvalue weighted by Gasteiger charge is 2.30. The number of hydrogen-bond acceptors (Lipinski definition) is 3. The molecule has 3 nitrogen and oxygen atoms in total. The number of hydrogen-bond donors (Lipinski definition) is 0. The zero-order valence-corrected chi connectivity index (χ0v) is 19.4. The fourth-order valence-corrected chi connectivity index (χ4v) is 3.91. The summed E-state index contributed by atoms with van der Waals surface area (Å²) >= 11 is 0. The van der Waals surface area contributed by atoms with Crippen LogP contribution in [-0.4, -0.2) is 38.6 Å². The number of alkyl halides is 3. The number of likely N-dealkylation sites (tertiary alicyclic amines) is 1. The number of piperidine rings is 1. The standard InChI is InChI=1S/C21H31BF3NO2.2ClH/c1-2-3-4-18(20(27)28-22)11-14-26-12-9-17(10-13-26)15-16-5-7-19(8-6-16)21(23,24)25;;/h5-8,17-18H,2-4,9-15,22H2,1H3;2*1H. The van der Waals surface area contributed by atoms with Gasteiger partial charge < -0.3 is 9.55 Å². The van der Waals surface area contributed by atoms with E-state index in [4.69, 9.17) is 4.65 Å². The van der Waals surface area contributed by atoms with Crippen LogP contribution in [0.1, 0.15) is 56.6 Å². The van der Waals surface area contributed by atoms with E-state index < -0.39 is 11.7 Å². The second-order valence-corrected chi connectivity index (χ2v) is 7.83. The molecular formula is C21H33BCl2F3NO2. The maximum absolute atomic E-state index is 12.7. The van der Waals surface area contributed by atoms with Crippen LogP contribution in [0.5, 0.6) is 0 Å². The third-order valence-electron chi connectivity index (χ3n) is 5.75. The normalized spacial score (nSPS) is 16.3. The summed E-state index contributed by atoms with van der Waals surface area (Å²) in [5.41, 5.74) is 0.381. The first-order chi connectivity index (χ1) is 13.3. The topological polar surface area (TPSA) is 29.5 Å². The summed E-state index contributed by atoms with van der Waals surface area (Å²) in [4.78, 5) is 14.3. The Kier molecular flexibility index (Phi) is 13.8. The zero-order valence-electron chi connectivity index (χ0n) is 17.7. The lowest BCUT2D eigenvalue weighted by Crippen LogP contribution is -2.36. The van der Waals surface area contributed by atoms with Crippen LogP contribution in [-0.2, 0) is 22.0 Å². The average molecular weight is 470 g/mol. The lowest BCUT2D eigenvalue weighted by molar-refractivity contribution is -0.139. The molecule has 0 N–H and O–H groups in total. The Morgan fingerprint density at radius 3 is 2.27 bits per heavy atom. The van der Waals surface area contributed by atoms with Crippen molar-refractivity contribution in [2.75, 3.05) is 19.6 Å². The van der Waals surface area contributed by atoms with Gasteiger partial charge in [-0.1, -0.05) is 31.9 Å². The van der Waals surface area contributed by atoms with Crippen molar-refractivity contribution in [2.45, 2.75) is 58.0 Å². The van der Waals surface area contributed by atoms with E-state index in [0.717, 1.165) is 70.1 Å². The molecule has 1 saturated heterocycles. The highest BCUT2D eigenvalue weighted by Crippen LogP contribution is 2.30. The fraction of sp³-hybridized carbons (Fsp3) is 0.667. The van der Waals surface area contributed by atoms with E-state index >= 15 is 0 Å². The van der Waals surface area contributed by atoms with Crippen molar-refractivity contribution in [3.63, 3.8) is 0 Å². The van der Waals surface area contributed by atoms with E-state index in [2.05, 4.69) is 11.8 Å². The molecule has 0 amide bonds. The molecule has 0 bridgehead atoms. The Balaban J connectivity index is 0.00000420. The molecule has 1 unspecified atom stereocenters. The number of benzene rings is 1. The van der Waals surface area contributed by atoms with Crippen molar-refractivity contribution < 1.29 is 22.6 Å². The van der Waals surface area contributed by atoms with Gasteiger partial charge in [0.15, 0.2) is 0 Å². The second kappa shape index (κ2) is 14.2. The van der Waals surface area contributed by atoms with E-state index in [1.54, 1.807) is 12.1 Å². The molecule has 1 fully saturated rings. The highest BCUT2D eigenvalue weighted by molar-refractivity contribution is 6.05. The van der Waals surface area contributed by atoms with Crippen LogP contribution in [0.25, 0.3) is 0 Å². The van der Waals surface area contributed by atoms with Gasteiger partial charge in [-0.3, -0.25) is 4.79 Å². The maximum Gasteiger partial charge on any atom is 0.416 e. The number of nitrogens with zero attached hydrogens (tertiary/aromatic N) is 1. The van der Waals surface area contributed by atoms with Gasteiger partial charge >= 0.3 is 14.2 Å². The van der Waals surface area contributed by atoms with Gasteiger partial charge in [-0.2, -0.15) is 13.2 Å². The van der Waals surface area contributed by atoms with E-state index in [1.807, 2.05) is 0 Å². The van der Waals surface area contributed by atoms with Crippen LogP contribution < -0.4 is 0 Å². The van der Waals surface area contributed by atoms with E-state index in [0.29, 0.717) is 5.92 Å². The number of carbonyl (C=O) groups is 1. The Bertz CT molecular complexity index is 609. The van der Waals surface area contributed by atoms with E-state index in [-0.39, 0.29) is 36.7 Å². The first-order valence-corrected chi connectivity index (χ1v) is 10.3. The minimum absolute atomic E-state index is 0. The van der Waals surface area contributed by atoms with E-state index in [1.165, 1.54) is 20.2 Å². The van der Waals surface area contributed by atoms with Gasteiger partial charge in [-0.15, -0.1) is 24.8 Å². The molecule has 0 aromatic heterocycles. The first-order valence-electron chi connectivity index (χ1n) is 10.3. The number of rotatable bonds is 9. The van der Waals surface area contributed by atoms with Gasteiger partial charge in [-0.25, -0.2) is 0 Å². The molecular weight excluding hydrogens is 437 g/mol. The summed E-state index contributed by atoms with van der Waals surface area (Å²) in [5, 5.41) is 0. The summed E-state index contributed by atoms with van der Waals surface area (Å²) in [5.74, 6) is 0.380. The molecule has 1 heterocycles. The average Bonchev–Trinajstić information content (AvgIpc) is 2.68. The first kappa shape index (κ1) is 29.1. The third-order valence-corrected chi connectivity index (χ3v) is 5.75. The van der Waals surface area contributed by atoms with E-state index in [9.17, 15) is 18.0 Å². The van der Waals surface area contributed by atoms with Gasteiger partial charge in [-0.05, 0) is 75.4 Å². The summed E-state index contributed by atoms with van der Waals surface area (Å²) < 4.78 is 42.9. The lowest BCUT2D eigenvalue weighted by atomic mass is 9.89. The molecule has 0 radical (unpaired) electrons. The molecule has 9 heteroatoms. The van der Waals surface area contributed by atoms with Crippen molar-refractivity contribution in [3.8, 4) is 0 Å². The molecule has 0 aliphatic carbocycles. The summed E-state index contributed by atoms with van der Waals surface area (Å²) in [7, 11) is 1.45. The maximum atomic E-state index is 12.7. The SMILES string of the molecule is BOC(=O)C(CCCC)CCN1CCC(Cc2ccc(C(F)(F)F)cc2)CC1.Cl.Cl. The lowest BCUT2D eigenvalue weighted by Gasteiger charge is -2.32. The van der Waals surface area contributed by atoms with Gasteiger partial charge in [0.1, 0.15) is 0 Å². The Labute approximate surface area is 191 Å². The van der Waals surface area contributed by atoms with Crippen LogP contribution in [0.4, 0.5) is 13.2 Å². The monoisotopic (exact) mass is 469 g/mol. The van der Waals surface area contributed by atoms with Crippen molar-refractivity contribution >= 4 is 38.8 Å². The molecule has 1 aliphatic heterocycles.